The fourth-order valence-electron chi connectivity index (χ4n) is 3.13. The van der Waals surface area contributed by atoms with Crippen molar-refractivity contribution in [1.29, 1.82) is 0 Å². The molecule has 2 N–H and O–H groups in total. The van der Waals surface area contributed by atoms with E-state index in [2.05, 4.69) is 22.5 Å². The molecule has 0 radical (unpaired) electrons. The van der Waals surface area contributed by atoms with Crippen LogP contribution >= 0.6 is 23.7 Å². The molecule has 0 aliphatic carbocycles. The van der Waals surface area contributed by atoms with Gasteiger partial charge in [0, 0.05) is 6.42 Å². The number of nitrogens with zero attached hydrogens (tertiary/aromatic N) is 1. The van der Waals surface area contributed by atoms with E-state index in [1.807, 2.05) is 25.1 Å². The van der Waals surface area contributed by atoms with Gasteiger partial charge in [0.1, 0.15) is 0 Å². The highest BCUT2D eigenvalue weighted by molar-refractivity contribution is 7.22. The van der Waals surface area contributed by atoms with Crippen LogP contribution < -0.4 is 10.6 Å². The number of carbonyl (C=O) groups excluding carboxylic acids is 1. The second kappa shape index (κ2) is 8.08. The second-order valence-electron chi connectivity index (χ2n) is 6.28. The number of benzene rings is 1. The summed E-state index contributed by atoms with van der Waals surface area (Å²) in [6.07, 6.45) is 3.01. The number of piperidine rings is 1. The van der Waals surface area contributed by atoms with Crippen molar-refractivity contribution in [3.8, 4) is 0 Å². The molecule has 2 atom stereocenters. The molecule has 1 aliphatic rings. The van der Waals surface area contributed by atoms with Gasteiger partial charge in [-0.3, -0.25) is 4.79 Å². The van der Waals surface area contributed by atoms with Crippen LogP contribution in [0, 0.1) is 18.8 Å². The van der Waals surface area contributed by atoms with Gasteiger partial charge in [-0.1, -0.05) is 30.4 Å². The zero-order chi connectivity index (χ0) is 15.5. The Morgan fingerprint density at radius 2 is 2.35 bits per heavy atom. The highest BCUT2D eigenvalue weighted by Gasteiger charge is 2.22. The van der Waals surface area contributed by atoms with E-state index in [-0.39, 0.29) is 18.3 Å². The fourth-order valence-corrected chi connectivity index (χ4v) is 4.09. The monoisotopic (exact) mass is 353 g/mol. The Labute approximate surface area is 147 Å². The van der Waals surface area contributed by atoms with Gasteiger partial charge in [-0.15, -0.1) is 12.4 Å². The first kappa shape index (κ1) is 18.2. The molecule has 3 rings (SSSR count). The number of anilines is 1. The fraction of sp³-hybridized carbons (Fsp3) is 0.529. The first-order valence-electron chi connectivity index (χ1n) is 8.00. The minimum absolute atomic E-state index is 0. The summed E-state index contributed by atoms with van der Waals surface area (Å²) in [4.78, 5) is 16.8. The third-order valence-electron chi connectivity index (χ3n) is 4.51. The highest BCUT2D eigenvalue weighted by Crippen LogP contribution is 2.28. The number of hydrogen-bond donors (Lipinski definition) is 2. The molecule has 126 valence electrons. The summed E-state index contributed by atoms with van der Waals surface area (Å²) in [5, 5.41) is 7.11. The average Bonchev–Trinajstić information content (AvgIpc) is 2.92. The summed E-state index contributed by atoms with van der Waals surface area (Å²) in [6.45, 7) is 6.38. The number of fused-ring (bicyclic) bond motifs is 1. The Hall–Kier alpha value is -1.17. The molecule has 6 heteroatoms. The number of thiazole rings is 1. The lowest BCUT2D eigenvalue weighted by atomic mass is 9.85. The Morgan fingerprint density at radius 3 is 3.04 bits per heavy atom. The number of aromatic nitrogens is 1. The smallest absolute Gasteiger partial charge is 0.226 e. The summed E-state index contributed by atoms with van der Waals surface area (Å²) in [5.41, 5.74) is 2.14. The first-order chi connectivity index (χ1) is 10.6. The van der Waals surface area contributed by atoms with E-state index in [9.17, 15) is 4.79 Å². The molecule has 4 nitrogen and oxygen atoms in total. The van der Waals surface area contributed by atoms with Gasteiger partial charge in [-0.25, -0.2) is 4.98 Å². The van der Waals surface area contributed by atoms with Gasteiger partial charge in [0.2, 0.25) is 5.91 Å². The van der Waals surface area contributed by atoms with Gasteiger partial charge >= 0.3 is 0 Å². The molecule has 2 heterocycles. The minimum Gasteiger partial charge on any atom is -0.316 e. The Balaban J connectivity index is 0.00000192. The van der Waals surface area contributed by atoms with Crippen molar-refractivity contribution in [2.75, 3.05) is 18.4 Å². The quantitative estimate of drug-likeness (QED) is 0.873. The van der Waals surface area contributed by atoms with Crippen molar-refractivity contribution < 1.29 is 4.79 Å². The topological polar surface area (TPSA) is 54.0 Å². The predicted octanol–water partition coefficient (Wildman–Crippen LogP) is 3.99. The van der Waals surface area contributed by atoms with Crippen LogP contribution in [-0.4, -0.2) is 24.0 Å². The van der Waals surface area contributed by atoms with E-state index in [1.165, 1.54) is 12.8 Å². The maximum absolute atomic E-state index is 12.3. The predicted molar refractivity (Wildman–Crippen MR) is 99.6 cm³/mol. The maximum atomic E-state index is 12.3. The molecule has 0 saturated carbocycles. The molecule has 23 heavy (non-hydrogen) atoms. The lowest BCUT2D eigenvalue weighted by Gasteiger charge is -2.27. The molecule has 2 aromatic rings. The number of hydrogen-bond acceptors (Lipinski definition) is 4. The van der Waals surface area contributed by atoms with Crippen molar-refractivity contribution in [2.24, 2.45) is 11.8 Å². The molecule has 2 unspecified atom stereocenters. The van der Waals surface area contributed by atoms with Crippen LogP contribution in [0.4, 0.5) is 5.13 Å². The Kier molecular flexibility index (Phi) is 6.39. The van der Waals surface area contributed by atoms with Crippen LogP contribution in [0.5, 0.6) is 0 Å². The van der Waals surface area contributed by atoms with Crippen LogP contribution in [0.15, 0.2) is 18.2 Å². The number of halogens is 1. The zero-order valence-electron chi connectivity index (χ0n) is 13.6. The normalized spacial score (nSPS) is 19.1. The molecular weight excluding hydrogens is 330 g/mol. The van der Waals surface area contributed by atoms with Crippen molar-refractivity contribution >= 4 is 45.0 Å². The zero-order valence-corrected chi connectivity index (χ0v) is 15.2. The number of rotatable bonds is 4. The molecule has 0 spiro atoms. The summed E-state index contributed by atoms with van der Waals surface area (Å²) < 4.78 is 1.12. The number of para-hydroxylation sites is 1. The van der Waals surface area contributed by atoms with Crippen LogP contribution in [0.3, 0.4) is 0 Å². The molecule has 1 saturated heterocycles. The van der Waals surface area contributed by atoms with E-state index in [1.54, 1.807) is 11.3 Å². The molecule has 1 aromatic carbocycles. The molecule has 1 aromatic heterocycles. The van der Waals surface area contributed by atoms with E-state index in [4.69, 9.17) is 0 Å². The minimum atomic E-state index is 0. The number of aryl methyl sites for hydroxylation is 1. The van der Waals surface area contributed by atoms with E-state index < -0.39 is 0 Å². The van der Waals surface area contributed by atoms with Crippen molar-refractivity contribution in [3.63, 3.8) is 0 Å². The number of carbonyl (C=O) groups is 1. The highest BCUT2D eigenvalue weighted by atomic mass is 35.5. The second-order valence-corrected chi connectivity index (χ2v) is 7.31. The lowest BCUT2D eigenvalue weighted by Crippen LogP contribution is -2.34. The molecule has 1 amide bonds. The van der Waals surface area contributed by atoms with Crippen LogP contribution in [0.25, 0.3) is 10.2 Å². The summed E-state index contributed by atoms with van der Waals surface area (Å²) in [7, 11) is 0. The van der Waals surface area contributed by atoms with Gasteiger partial charge < -0.3 is 10.6 Å². The van der Waals surface area contributed by atoms with Crippen molar-refractivity contribution in [1.82, 2.24) is 10.3 Å². The van der Waals surface area contributed by atoms with Crippen molar-refractivity contribution in [3.05, 3.63) is 23.8 Å². The van der Waals surface area contributed by atoms with Gasteiger partial charge in [-0.05, 0) is 56.3 Å². The van der Waals surface area contributed by atoms with Gasteiger partial charge in [0.05, 0.1) is 10.2 Å². The van der Waals surface area contributed by atoms with Crippen LogP contribution in [0.1, 0.15) is 31.7 Å². The standard InChI is InChI=1S/C17H23N3OS.ClH/c1-11-5-3-7-14-16(11)20-17(22-14)19-15(21)9-12(2)13-6-4-8-18-10-13;/h3,5,7,12-13,18H,4,6,8-10H2,1-2H3,(H,19,20,21);1H. The number of nitrogens with one attached hydrogen (secondary N) is 2. The average molecular weight is 354 g/mol. The van der Waals surface area contributed by atoms with Crippen LogP contribution in [-0.2, 0) is 4.79 Å². The largest absolute Gasteiger partial charge is 0.316 e. The molecule has 1 fully saturated rings. The summed E-state index contributed by atoms with van der Waals surface area (Å²) in [6, 6.07) is 6.12. The SMILES string of the molecule is Cc1cccc2sc(NC(=O)CC(C)C3CCCNC3)nc12.Cl. The van der Waals surface area contributed by atoms with Crippen molar-refractivity contribution in [2.45, 2.75) is 33.1 Å². The van der Waals surface area contributed by atoms with Gasteiger partial charge in [0.25, 0.3) is 0 Å². The lowest BCUT2D eigenvalue weighted by molar-refractivity contribution is -0.117. The molecule has 1 aliphatic heterocycles. The Morgan fingerprint density at radius 1 is 1.52 bits per heavy atom. The van der Waals surface area contributed by atoms with Crippen LogP contribution in [0.2, 0.25) is 0 Å². The third kappa shape index (κ3) is 4.43. The maximum Gasteiger partial charge on any atom is 0.226 e. The third-order valence-corrected chi connectivity index (χ3v) is 5.45. The summed E-state index contributed by atoms with van der Waals surface area (Å²) in [5.74, 6) is 1.09. The molecular formula is C17H24ClN3OS. The first-order valence-corrected chi connectivity index (χ1v) is 8.82. The Bertz CT molecular complexity index is 667. The van der Waals surface area contributed by atoms with Gasteiger partial charge in [0.15, 0.2) is 5.13 Å². The van der Waals surface area contributed by atoms with E-state index >= 15 is 0 Å². The number of amides is 1. The summed E-state index contributed by atoms with van der Waals surface area (Å²) >= 11 is 1.55. The van der Waals surface area contributed by atoms with E-state index in [0.29, 0.717) is 23.4 Å². The van der Waals surface area contributed by atoms with E-state index in [0.717, 1.165) is 28.9 Å². The molecule has 0 bridgehead atoms. The van der Waals surface area contributed by atoms with Gasteiger partial charge in [-0.2, -0.15) is 0 Å².